The minimum atomic E-state index is -0.108. The molecule has 0 aromatic heterocycles. The Bertz CT molecular complexity index is 397. The van der Waals surface area contributed by atoms with Crippen molar-refractivity contribution in [1.82, 2.24) is 0 Å². The number of nitrogens with two attached hydrogens (primary N) is 1. The van der Waals surface area contributed by atoms with Gasteiger partial charge < -0.3 is 19.9 Å². The predicted molar refractivity (Wildman–Crippen MR) is 87.6 cm³/mol. The maximum Gasteiger partial charge on any atom is 0.305 e. The van der Waals surface area contributed by atoms with Crippen molar-refractivity contribution in [1.29, 1.82) is 0 Å². The van der Waals surface area contributed by atoms with E-state index in [0.29, 0.717) is 58.3 Å². The number of rotatable bonds is 11. The van der Waals surface area contributed by atoms with Gasteiger partial charge in [-0.05, 0) is 37.0 Å². The molecule has 5 heteroatoms. The zero-order chi connectivity index (χ0) is 16.3. The molecule has 2 aliphatic carbocycles. The van der Waals surface area contributed by atoms with Gasteiger partial charge in [0, 0.05) is 32.4 Å². The molecule has 0 saturated heterocycles. The third-order valence-corrected chi connectivity index (χ3v) is 4.58. The van der Waals surface area contributed by atoms with Crippen molar-refractivity contribution >= 4 is 5.97 Å². The smallest absolute Gasteiger partial charge is 0.305 e. The van der Waals surface area contributed by atoms with E-state index in [9.17, 15) is 4.79 Å². The number of ether oxygens (including phenoxy) is 3. The Hall–Kier alpha value is -1.09. The van der Waals surface area contributed by atoms with E-state index >= 15 is 0 Å². The standard InChI is InChI=1S/C18H29NO4/c19-9-11-22-13-12-21-10-5-8-18(20)23-14-17-15-6-3-1-2-4-7-16(15)17/h15-17H,3-14,19H2/t15-,16+,17?. The summed E-state index contributed by atoms with van der Waals surface area (Å²) in [6.45, 7) is 3.33. The van der Waals surface area contributed by atoms with E-state index in [0.717, 1.165) is 24.7 Å². The summed E-state index contributed by atoms with van der Waals surface area (Å²) in [4.78, 5) is 11.7. The molecule has 0 bridgehead atoms. The van der Waals surface area contributed by atoms with Gasteiger partial charge in [0.15, 0.2) is 0 Å². The maximum absolute atomic E-state index is 11.7. The second kappa shape index (κ2) is 10.6. The topological polar surface area (TPSA) is 70.8 Å². The Balaban J connectivity index is 1.44. The second-order valence-corrected chi connectivity index (χ2v) is 6.22. The first-order valence-electron chi connectivity index (χ1n) is 8.80. The van der Waals surface area contributed by atoms with E-state index in [2.05, 4.69) is 11.8 Å². The highest BCUT2D eigenvalue weighted by Gasteiger charge is 2.49. The number of hydrogen-bond donors (Lipinski definition) is 1. The summed E-state index contributed by atoms with van der Waals surface area (Å²) in [6.07, 6.45) is 5.45. The van der Waals surface area contributed by atoms with Gasteiger partial charge in [0.05, 0.1) is 26.4 Å². The van der Waals surface area contributed by atoms with Crippen LogP contribution in [0.5, 0.6) is 0 Å². The van der Waals surface area contributed by atoms with E-state index < -0.39 is 0 Å². The molecule has 2 rings (SSSR count). The molecule has 23 heavy (non-hydrogen) atoms. The van der Waals surface area contributed by atoms with Crippen LogP contribution < -0.4 is 5.73 Å². The summed E-state index contributed by atoms with van der Waals surface area (Å²) in [6, 6.07) is 0. The Labute approximate surface area is 139 Å². The molecular formula is C18H29NO4. The maximum atomic E-state index is 11.7. The first-order valence-corrected chi connectivity index (χ1v) is 8.80. The zero-order valence-corrected chi connectivity index (χ0v) is 13.9. The summed E-state index contributed by atoms with van der Waals surface area (Å²) in [5.74, 6) is 8.32. The molecule has 2 N–H and O–H groups in total. The van der Waals surface area contributed by atoms with E-state index in [-0.39, 0.29) is 5.97 Å². The lowest BCUT2D eigenvalue weighted by atomic mass is 10.1. The van der Waals surface area contributed by atoms with Crippen molar-refractivity contribution in [3.63, 3.8) is 0 Å². The van der Waals surface area contributed by atoms with Gasteiger partial charge in [0.1, 0.15) is 0 Å². The fourth-order valence-electron chi connectivity index (χ4n) is 3.27. The van der Waals surface area contributed by atoms with Crippen molar-refractivity contribution in [2.75, 3.05) is 39.6 Å². The molecule has 0 aromatic rings. The predicted octanol–water partition coefficient (Wildman–Crippen LogP) is 1.74. The van der Waals surface area contributed by atoms with Gasteiger partial charge in [-0.25, -0.2) is 0 Å². The molecule has 0 aliphatic heterocycles. The Morgan fingerprint density at radius 2 is 1.65 bits per heavy atom. The first-order chi connectivity index (χ1) is 11.3. The average Bonchev–Trinajstić information content (AvgIpc) is 3.17. The number of carbonyl (C=O) groups excluding carboxylic acids is 1. The largest absolute Gasteiger partial charge is 0.465 e. The van der Waals surface area contributed by atoms with Crippen LogP contribution in [0.1, 0.15) is 38.5 Å². The van der Waals surface area contributed by atoms with Crippen LogP contribution in [0.3, 0.4) is 0 Å². The lowest BCUT2D eigenvalue weighted by Crippen LogP contribution is -2.13. The summed E-state index contributed by atoms with van der Waals surface area (Å²) in [7, 11) is 0. The van der Waals surface area contributed by atoms with Crippen molar-refractivity contribution in [3.8, 4) is 11.8 Å². The molecular weight excluding hydrogens is 294 g/mol. The lowest BCUT2D eigenvalue weighted by Gasteiger charge is -2.06. The summed E-state index contributed by atoms with van der Waals surface area (Å²) in [5, 5.41) is 0. The molecule has 5 nitrogen and oxygen atoms in total. The third-order valence-electron chi connectivity index (χ3n) is 4.58. The third kappa shape index (κ3) is 6.90. The van der Waals surface area contributed by atoms with Crippen molar-refractivity contribution in [2.24, 2.45) is 23.5 Å². The van der Waals surface area contributed by atoms with Crippen LogP contribution in [0.2, 0.25) is 0 Å². The van der Waals surface area contributed by atoms with Gasteiger partial charge in [0.2, 0.25) is 0 Å². The van der Waals surface area contributed by atoms with Crippen LogP contribution in [0.15, 0.2) is 0 Å². The normalized spacial score (nSPS) is 25.5. The monoisotopic (exact) mass is 323 g/mol. The van der Waals surface area contributed by atoms with Crippen LogP contribution in [0.4, 0.5) is 0 Å². The highest BCUT2D eigenvalue weighted by atomic mass is 16.5. The Morgan fingerprint density at radius 3 is 2.30 bits per heavy atom. The van der Waals surface area contributed by atoms with Gasteiger partial charge in [-0.3, -0.25) is 4.79 Å². The molecule has 3 atom stereocenters. The Kier molecular flexibility index (Phi) is 8.44. The molecule has 130 valence electrons. The van der Waals surface area contributed by atoms with E-state index in [1.54, 1.807) is 0 Å². The molecule has 0 aromatic carbocycles. The quantitative estimate of drug-likeness (QED) is 0.356. The van der Waals surface area contributed by atoms with Crippen molar-refractivity contribution < 1.29 is 19.0 Å². The van der Waals surface area contributed by atoms with Crippen molar-refractivity contribution in [3.05, 3.63) is 0 Å². The number of hydrogen-bond acceptors (Lipinski definition) is 5. The van der Waals surface area contributed by atoms with E-state index in [4.69, 9.17) is 19.9 Å². The Morgan fingerprint density at radius 1 is 1.00 bits per heavy atom. The minimum Gasteiger partial charge on any atom is -0.465 e. The fraction of sp³-hybridized carbons (Fsp3) is 0.833. The van der Waals surface area contributed by atoms with E-state index in [1.165, 1.54) is 12.8 Å². The summed E-state index contributed by atoms with van der Waals surface area (Å²) < 4.78 is 16.0. The fourth-order valence-corrected chi connectivity index (χ4v) is 3.27. The van der Waals surface area contributed by atoms with Gasteiger partial charge in [-0.2, -0.15) is 0 Å². The number of carbonyl (C=O) groups is 1. The van der Waals surface area contributed by atoms with Gasteiger partial charge in [0.25, 0.3) is 0 Å². The van der Waals surface area contributed by atoms with Crippen LogP contribution in [0, 0.1) is 29.6 Å². The summed E-state index contributed by atoms with van der Waals surface area (Å²) >= 11 is 0. The highest BCUT2D eigenvalue weighted by Crippen LogP contribution is 2.52. The van der Waals surface area contributed by atoms with E-state index in [1.807, 2.05) is 0 Å². The number of esters is 1. The molecule has 1 fully saturated rings. The summed E-state index contributed by atoms with van der Waals surface area (Å²) in [5.41, 5.74) is 5.31. The molecule has 0 amide bonds. The van der Waals surface area contributed by atoms with Crippen LogP contribution >= 0.6 is 0 Å². The molecule has 0 heterocycles. The molecule has 0 radical (unpaired) electrons. The SMILES string of the molecule is NCCOCCOCCCC(=O)OCC1[C@H]2CCC#CCC[C@@H]12. The first kappa shape index (κ1) is 18.3. The van der Waals surface area contributed by atoms with Crippen LogP contribution in [0.25, 0.3) is 0 Å². The second-order valence-electron chi connectivity index (χ2n) is 6.22. The van der Waals surface area contributed by atoms with Gasteiger partial charge >= 0.3 is 5.97 Å². The molecule has 1 unspecified atom stereocenters. The average molecular weight is 323 g/mol. The van der Waals surface area contributed by atoms with Crippen molar-refractivity contribution in [2.45, 2.75) is 38.5 Å². The molecule has 1 saturated carbocycles. The molecule has 0 spiro atoms. The van der Waals surface area contributed by atoms with Gasteiger partial charge in [-0.1, -0.05) is 0 Å². The van der Waals surface area contributed by atoms with Crippen LogP contribution in [-0.4, -0.2) is 45.5 Å². The van der Waals surface area contributed by atoms with Gasteiger partial charge in [-0.15, -0.1) is 11.8 Å². The lowest BCUT2D eigenvalue weighted by molar-refractivity contribution is -0.144. The minimum absolute atomic E-state index is 0.108. The van der Waals surface area contributed by atoms with Crippen LogP contribution in [-0.2, 0) is 19.0 Å². The number of fused-ring (bicyclic) bond motifs is 1. The molecule has 2 aliphatic rings. The zero-order valence-electron chi connectivity index (χ0n) is 13.9. The highest BCUT2D eigenvalue weighted by molar-refractivity contribution is 5.69.